The molecule has 2 rings (SSSR count). The van der Waals surface area contributed by atoms with Gasteiger partial charge in [0.15, 0.2) is 0 Å². The first-order valence-corrected chi connectivity index (χ1v) is 5.26. The maximum Gasteiger partial charge on any atom is 0.341 e. The van der Waals surface area contributed by atoms with Crippen molar-refractivity contribution in [1.82, 2.24) is 4.57 Å². The summed E-state index contributed by atoms with van der Waals surface area (Å²) in [6.07, 6.45) is 1.43. The zero-order valence-corrected chi connectivity index (χ0v) is 9.34. The lowest BCUT2D eigenvalue weighted by Crippen LogP contribution is -2.26. The molecule has 4 nitrogen and oxygen atoms in total. The van der Waals surface area contributed by atoms with Crippen LogP contribution in [0.25, 0.3) is 0 Å². The molecule has 0 amide bonds. The van der Waals surface area contributed by atoms with Gasteiger partial charge in [-0.05, 0) is 18.2 Å². The number of aromatic nitrogens is 1. The third-order valence-corrected chi connectivity index (χ3v) is 2.55. The number of hydrogen-bond donors (Lipinski definition) is 1. The Bertz CT molecular complexity index is 649. The molecular weight excluding hydrogens is 237 g/mol. The van der Waals surface area contributed by atoms with E-state index in [9.17, 15) is 14.0 Å². The van der Waals surface area contributed by atoms with E-state index in [-0.39, 0.29) is 12.1 Å². The van der Waals surface area contributed by atoms with Gasteiger partial charge >= 0.3 is 5.97 Å². The van der Waals surface area contributed by atoms with Gasteiger partial charge in [-0.3, -0.25) is 4.79 Å². The summed E-state index contributed by atoms with van der Waals surface area (Å²) in [5, 5.41) is 8.82. The van der Waals surface area contributed by atoms with E-state index in [1.54, 1.807) is 18.2 Å². The Morgan fingerprint density at radius 2 is 1.94 bits per heavy atom. The third kappa shape index (κ3) is 2.29. The number of halogens is 1. The predicted molar refractivity (Wildman–Crippen MR) is 63.2 cm³/mol. The Morgan fingerprint density at radius 1 is 1.22 bits per heavy atom. The average Bonchev–Trinajstić information content (AvgIpc) is 2.34. The molecule has 0 radical (unpaired) electrons. The summed E-state index contributed by atoms with van der Waals surface area (Å²) in [4.78, 5) is 22.6. The van der Waals surface area contributed by atoms with Gasteiger partial charge in [0.25, 0.3) is 5.56 Å². The second kappa shape index (κ2) is 4.83. The first-order valence-electron chi connectivity index (χ1n) is 5.26. The van der Waals surface area contributed by atoms with Crippen LogP contribution in [0.5, 0.6) is 0 Å². The number of aromatic carboxylic acids is 1. The van der Waals surface area contributed by atoms with Crippen molar-refractivity contribution in [3.8, 4) is 0 Å². The Kier molecular flexibility index (Phi) is 3.23. The van der Waals surface area contributed by atoms with Gasteiger partial charge in [-0.1, -0.05) is 18.2 Å². The summed E-state index contributed by atoms with van der Waals surface area (Å²) in [7, 11) is 0. The number of carboxylic acids is 1. The fourth-order valence-corrected chi connectivity index (χ4v) is 1.63. The maximum absolute atomic E-state index is 13.4. The minimum atomic E-state index is -1.29. The Labute approximate surface area is 102 Å². The average molecular weight is 247 g/mol. The molecule has 1 heterocycles. The van der Waals surface area contributed by atoms with Gasteiger partial charge in [-0.15, -0.1) is 0 Å². The van der Waals surface area contributed by atoms with Crippen LogP contribution in [0.4, 0.5) is 4.39 Å². The van der Waals surface area contributed by atoms with Crippen molar-refractivity contribution in [2.45, 2.75) is 6.54 Å². The molecule has 0 bridgehead atoms. The van der Waals surface area contributed by atoms with Crippen LogP contribution in [0, 0.1) is 5.82 Å². The lowest BCUT2D eigenvalue weighted by molar-refractivity contribution is 0.0694. The van der Waals surface area contributed by atoms with E-state index in [2.05, 4.69) is 0 Å². The zero-order chi connectivity index (χ0) is 13.1. The Balaban J connectivity index is 2.42. The minimum Gasteiger partial charge on any atom is -0.477 e. The summed E-state index contributed by atoms with van der Waals surface area (Å²) >= 11 is 0. The van der Waals surface area contributed by atoms with E-state index < -0.39 is 17.3 Å². The monoisotopic (exact) mass is 247 g/mol. The van der Waals surface area contributed by atoms with Crippen LogP contribution in [-0.4, -0.2) is 15.6 Å². The molecule has 0 aliphatic heterocycles. The van der Waals surface area contributed by atoms with Crippen molar-refractivity contribution in [3.05, 3.63) is 69.9 Å². The van der Waals surface area contributed by atoms with E-state index in [0.29, 0.717) is 5.56 Å². The fraction of sp³-hybridized carbons (Fsp3) is 0.0769. The van der Waals surface area contributed by atoms with Crippen LogP contribution in [0.2, 0.25) is 0 Å². The molecule has 0 atom stereocenters. The molecule has 0 spiro atoms. The van der Waals surface area contributed by atoms with E-state index in [1.165, 1.54) is 29.0 Å². The first-order chi connectivity index (χ1) is 8.59. The van der Waals surface area contributed by atoms with E-state index in [0.717, 1.165) is 0 Å². The lowest BCUT2D eigenvalue weighted by atomic mass is 10.2. The van der Waals surface area contributed by atoms with Crippen LogP contribution >= 0.6 is 0 Å². The highest BCUT2D eigenvalue weighted by molar-refractivity contribution is 5.86. The van der Waals surface area contributed by atoms with Gasteiger partial charge in [0.2, 0.25) is 0 Å². The molecule has 0 saturated heterocycles. The van der Waals surface area contributed by atoms with Crippen molar-refractivity contribution in [1.29, 1.82) is 0 Å². The summed E-state index contributed by atoms with van der Waals surface area (Å²) < 4.78 is 14.6. The molecule has 0 unspecified atom stereocenters. The summed E-state index contributed by atoms with van der Waals surface area (Å²) in [5.74, 6) is -1.71. The van der Waals surface area contributed by atoms with Crippen LogP contribution in [0.15, 0.2) is 47.4 Å². The normalized spacial score (nSPS) is 10.3. The summed E-state index contributed by atoms with van der Waals surface area (Å²) in [6.45, 7) is 0.00657. The smallest absolute Gasteiger partial charge is 0.341 e. The Morgan fingerprint density at radius 3 is 2.61 bits per heavy atom. The summed E-state index contributed by atoms with van der Waals surface area (Å²) in [6, 6.07) is 8.73. The molecule has 92 valence electrons. The molecule has 0 aliphatic carbocycles. The number of carboxylic acid groups (broad SMARTS) is 1. The van der Waals surface area contributed by atoms with Gasteiger partial charge in [-0.25, -0.2) is 9.18 Å². The highest BCUT2D eigenvalue weighted by Gasteiger charge is 2.11. The number of pyridine rings is 1. The summed E-state index contributed by atoms with van der Waals surface area (Å²) in [5.41, 5.74) is -0.635. The van der Waals surface area contributed by atoms with Gasteiger partial charge in [0, 0.05) is 11.8 Å². The van der Waals surface area contributed by atoms with Crippen molar-refractivity contribution >= 4 is 5.97 Å². The lowest BCUT2D eigenvalue weighted by Gasteiger charge is -2.07. The molecule has 1 aromatic carbocycles. The number of benzene rings is 1. The molecule has 0 saturated carbocycles. The molecule has 1 N–H and O–H groups in total. The fourth-order valence-electron chi connectivity index (χ4n) is 1.63. The molecule has 5 heteroatoms. The largest absolute Gasteiger partial charge is 0.477 e. The maximum atomic E-state index is 13.4. The Hall–Kier alpha value is -2.43. The van der Waals surface area contributed by atoms with Gasteiger partial charge in [0.1, 0.15) is 11.4 Å². The highest BCUT2D eigenvalue weighted by atomic mass is 19.1. The van der Waals surface area contributed by atoms with Crippen LogP contribution in [0.3, 0.4) is 0 Å². The van der Waals surface area contributed by atoms with Gasteiger partial charge in [-0.2, -0.15) is 0 Å². The number of rotatable bonds is 3. The van der Waals surface area contributed by atoms with E-state index in [4.69, 9.17) is 5.11 Å². The van der Waals surface area contributed by atoms with Gasteiger partial charge < -0.3 is 9.67 Å². The standard InChI is InChI=1S/C13H10FNO3/c14-11-6-2-1-4-9(11)8-15-7-3-5-10(12(15)16)13(17)18/h1-7H,8H2,(H,17,18). The highest BCUT2D eigenvalue weighted by Crippen LogP contribution is 2.07. The van der Waals surface area contributed by atoms with Gasteiger partial charge in [0.05, 0.1) is 6.54 Å². The quantitative estimate of drug-likeness (QED) is 0.898. The van der Waals surface area contributed by atoms with Crippen molar-refractivity contribution in [3.63, 3.8) is 0 Å². The van der Waals surface area contributed by atoms with Crippen molar-refractivity contribution in [2.24, 2.45) is 0 Å². The van der Waals surface area contributed by atoms with Crippen LogP contribution in [0.1, 0.15) is 15.9 Å². The molecule has 2 aromatic rings. The van der Waals surface area contributed by atoms with E-state index >= 15 is 0 Å². The molecular formula is C13H10FNO3. The van der Waals surface area contributed by atoms with Crippen LogP contribution < -0.4 is 5.56 Å². The first kappa shape index (κ1) is 12.0. The van der Waals surface area contributed by atoms with Crippen molar-refractivity contribution in [2.75, 3.05) is 0 Å². The predicted octanol–water partition coefficient (Wildman–Crippen LogP) is 1.73. The molecule has 0 fully saturated rings. The minimum absolute atomic E-state index is 0.00657. The van der Waals surface area contributed by atoms with Crippen molar-refractivity contribution < 1.29 is 14.3 Å². The number of hydrogen-bond acceptors (Lipinski definition) is 2. The number of carbonyl (C=O) groups is 1. The second-order valence-corrected chi connectivity index (χ2v) is 3.75. The third-order valence-electron chi connectivity index (χ3n) is 2.55. The number of nitrogens with zero attached hydrogens (tertiary/aromatic N) is 1. The molecule has 18 heavy (non-hydrogen) atoms. The second-order valence-electron chi connectivity index (χ2n) is 3.75. The van der Waals surface area contributed by atoms with E-state index in [1.807, 2.05) is 0 Å². The topological polar surface area (TPSA) is 59.3 Å². The molecule has 0 aliphatic rings. The zero-order valence-electron chi connectivity index (χ0n) is 9.34. The SMILES string of the molecule is O=C(O)c1cccn(Cc2ccccc2F)c1=O. The molecule has 1 aromatic heterocycles. The van der Waals surface area contributed by atoms with Crippen LogP contribution in [-0.2, 0) is 6.54 Å².